The molecule has 0 amide bonds. The van der Waals surface area contributed by atoms with Crippen LogP contribution in [-0.2, 0) is 0 Å². The molecule has 0 aromatic heterocycles. The van der Waals surface area contributed by atoms with Crippen molar-refractivity contribution in [2.45, 2.75) is 19.3 Å². The molecular weight excluding hydrogens is 200 g/mol. The van der Waals surface area contributed by atoms with Crippen LogP contribution in [0.15, 0.2) is 12.2 Å². The lowest BCUT2D eigenvalue weighted by atomic mass is 9.54. The predicted octanol–water partition coefficient (Wildman–Crippen LogP) is 1.79. The first-order chi connectivity index (χ1) is 7.66. The number of hydrogen-bond acceptors (Lipinski definition) is 4. The van der Waals surface area contributed by atoms with E-state index >= 15 is 0 Å². The van der Waals surface area contributed by atoms with Crippen LogP contribution >= 0.6 is 0 Å². The monoisotopic (exact) mass is 208 g/mol. The summed E-state index contributed by atoms with van der Waals surface area (Å²) in [4.78, 5) is 0. The van der Waals surface area contributed by atoms with Crippen molar-refractivity contribution in [3.8, 4) is 24.3 Å². The van der Waals surface area contributed by atoms with Gasteiger partial charge in [-0.2, -0.15) is 21.0 Å². The summed E-state index contributed by atoms with van der Waals surface area (Å²) >= 11 is 0. The lowest BCUT2D eigenvalue weighted by Gasteiger charge is -2.38. The third-order valence-electron chi connectivity index (χ3n) is 3.75. The zero-order valence-electron chi connectivity index (χ0n) is 8.56. The molecule has 0 radical (unpaired) electrons. The summed E-state index contributed by atoms with van der Waals surface area (Å²) in [5.41, 5.74) is -3.61. The summed E-state index contributed by atoms with van der Waals surface area (Å²) in [5.74, 6) is 0. The Kier molecular flexibility index (Phi) is 1.82. The number of hydrogen-bond donors (Lipinski definition) is 0. The van der Waals surface area contributed by atoms with Gasteiger partial charge in [-0.3, -0.25) is 0 Å². The quantitative estimate of drug-likeness (QED) is 0.567. The molecular formula is C12H8N4. The highest BCUT2D eigenvalue weighted by atomic mass is 14.7. The summed E-state index contributed by atoms with van der Waals surface area (Å²) in [7, 11) is 0. The maximum Gasteiger partial charge on any atom is 0.184 e. The van der Waals surface area contributed by atoms with Gasteiger partial charge in [-0.15, -0.1) is 0 Å². The molecule has 0 heterocycles. The SMILES string of the molecule is N#CC1(C#N)CC=CC2(CC2)C1(C#N)C#N. The Balaban J connectivity index is 2.73. The summed E-state index contributed by atoms with van der Waals surface area (Å²) in [6.45, 7) is 0. The van der Waals surface area contributed by atoms with Crippen LogP contribution in [0.3, 0.4) is 0 Å². The van der Waals surface area contributed by atoms with Gasteiger partial charge in [0.05, 0.1) is 24.3 Å². The number of nitriles is 4. The van der Waals surface area contributed by atoms with Crippen molar-refractivity contribution in [2.75, 3.05) is 0 Å². The Bertz CT molecular complexity index is 497. The fraction of sp³-hybridized carbons (Fsp3) is 0.500. The van der Waals surface area contributed by atoms with Crippen LogP contribution in [0, 0.1) is 61.6 Å². The zero-order valence-corrected chi connectivity index (χ0v) is 8.56. The molecule has 0 N–H and O–H groups in total. The van der Waals surface area contributed by atoms with E-state index in [0.717, 1.165) is 0 Å². The fourth-order valence-corrected chi connectivity index (χ4v) is 2.56. The Hall–Kier alpha value is -2.30. The van der Waals surface area contributed by atoms with Crippen LogP contribution in [0.25, 0.3) is 0 Å². The molecule has 1 saturated carbocycles. The maximum absolute atomic E-state index is 9.31. The van der Waals surface area contributed by atoms with E-state index in [1.807, 2.05) is 30.4 Å². The Labute approximate surface area is 93.6 Å². The van der Waals surface area contributed by atoms with Gasteiger partial charge in [0.25, 0.3) is 0 Å². The Morgan fingerprint density at radius 1 is 0.875 bits per heavy atom. The molecule has 0 unspecified atom stereocenters. The van der Waals surface area contributed by atoms with Gasteiger partial charge in [0.15, 0.2) is 10.8 Å². The largest absolute Gasteiger partial charge is 0.196 e. The minimum Gasteiger partial charge on any atom is -0.196 e. The van der Waals surface area contributed by atoms with Crippen LogP contribution < -0.4 is 0 Å². The van der Waals surface area contributed by atoms with Gasteiger partial charge in [-0.1, -0.05) is 12.2 Å². The van der Waals surface area contributed by atoms with Crippen molar-refractivity contribution in [3.63, 3.8) is 0 Å². The van der Waals surface area contributed by atoms with E-state index in [-0.39, 0.29) is 6.42 Å². The number of nitrogens with zero attached hydrogens (tertiary/aromatic N) is 4. The topological polar surface area (TPSA) is 95.2 Å². The van der Waals surface area contributed by atoms with Crippen LogP contribution in [0.1, 0.15) is 19.3 Å². The molecule has 0 saturated heterocycles. The molecule has 16 heavy (non-hydrogen) atoms. The molecule has 0 aliphatic heterocycles. The van der Waals surface area contributed by atoms with Crippen LogP contribution in [0.4, 0.5) is 0 Å². The Morgan fingerprint density at radius 3 is 1.81 bits per heavy atom. The van der Waals surface area contributed by atoms with Crippen molar-refractivity contribution >= 4 is 0 Å². The average Bonchev–Trinajstić information content (AvgIpc) is 3.10. The van der Waals surface area contributed by atoms with E-state index in [1.54, 1.807) is 6.08 Å². The predicted molar refractivity (Wildman–Crippen MR) is 52.7 cm³/mol. The van der Waals surface area contributed by atoms with Crippen molar-refractivity contribution in [1.82, 2.24) is 0 Å². The molecule has 76 valence electrons. The van der Waals surface area contributed by atoms with E-state index < -0.39 is 16.2 Å². The molecule has 4 nitrogen and oxygen atoms in total. The maximum atomic E-state index is 9.31. The minimum absolute atomic E-state index is 0.156. The van der Waals surface area contributed by atoms with Gasteiger partial charge in [0, 0.05) is 5.41 Å². The lowest BCUT2D eigenvalue weighted by Crippen LogP contribution is -2.46. The van der Waals surface area contributed by atoms with E-state index in [1.165, 1.54) is 0 Å². The van der Waals surface area contributed by atoms with Crippen molar-refractivity contribution in [1.29, 1.82) is 21.0 Å². The van der Waals surface area contributed by atoms with Gasteiger partial charge < -0.3 is 0 Å². The first kappa shape index (κ1) is 10.2. The lowest BCUT2D eigenvalue weighted by molar-refractivity contribution is 0.195. The highest BCUT2D eigenvalue weighted by Gasteiger charge is 2.71. The van der Waals surface area contributed by atoms with Gasteiger partial charge in [-0.25, -0.2) is 0 Å². The minimum atomic E-state index is -1.53. The number of allylic oxidation sites excluding steroid dienone is 2. The standard InChI is InChI=1S/C12H8N4/c13-6-11(7-14)3-1-2-10(4-5-10)12(11,8-15)9-16/h1-2H,3-5H2. The normalized spacial score (nSPS) is 25.8. The van der Waals surface area contributed by atoms with Crippen molar-refractivity contribution in [3.05, 3.63) is 12.2 Å². The molecule has 0 bridgehead atoms. The molecule has 1 spiro atoms. The molecule has 4 heteroatoms. The molecule has 2 aliphatic rings. The van der Waals surface area contributed by atoms with Crippen LogP contribution in [0.2, 0.25) is 0 Å². The third kappa shape index (κ3) is 0.809. The summed E-state index contributed by atoms with van der Waals surface area (Å²) in [6, 6.07) is 7.71. The van der Waals surface area contributed by atoms with E-state index in [4.69, 9.17) is 0 Å². The highest BCUT2D eigenvalue weighted by molar-refractivity contribution is 5.46. The molecule has 0 atom stereocenters. The van der Waals surface area contributed by atoms with Crippen LogP contribution in [-0.4, -0.2) is 0 Å². The van der Waals surface area contributed by atoms with Gasteiger partial charge >= 0.3 is 0 Å². The summed E-state index contributed by atoms with van der Waals surface area (Å²) < 4.78 is 0. The molecule has 2 aliphatic carbocycles. The molecule has 1 fully saturated rings. The zero-order chi connectivity index (χ0) is 11.9. The second-order valence-electron chi connectivity index (χ2n) is 4.37. The number of rotatable bonds is 0. The summed E-state index contributed by atoms with van der Waals surface area (Å²) in [6.07, 6.45) is 5.16. The van der Waals surface area contributed by atoms with Gasteiger partial charge in [0.1, 0.15) is 0 Å². The smallest absolute Gasteiger partial charge is 0.184 e. The van der Waals surface area contributed by atoms with Gasteiger partial charge in [-0.05, 0) is 19.3 Å². The molecule has 2 rings (SSSR count). The average molecular weight is 208 g/mol. The highest BCUT2D eigenvalue weighted by Crippen LogP contribution is 2.68. The molecule has 0 aromatic rings. The fourth-order valence-electron chi connectivity index (χ4n) is 2.56. The first-order valence-electron chi connectivity index (χ1n) is 4.99. The second kappa shape index (κ2) is 2.85. The van der Waals surface area contributed by atoms with Crippen molar-refractivity contribution in [2.24, 2.45) is 16.2 Å². The van der Waals surface area contributed by atoms with Gasteiger partial charge in [0.2, 0.25) is 0 Å². The van der Waals surface area contributed by atoms with Crippen molar-refractivity contribution < 1.29 is 0 Å². The van der Waals surface area contributed by atoms with E-state index in [9.17, 15) is 21.0 Å². The Morgan fingerprint density at radius 2 is 1.44 bits per heavy atom. The second-order valence-corrected chi connectivity index (χ2v) is 4.37. The summed E-state index contributed by atoms with van der Waals surface area (Å²) in [5, 5.41) is 37.0. The first-order valence-corrected chi connectivity index (χ1v) is 4.99. The molecule has 0 aromatic carbocycles. The third-order valence-corrected chi connectivity index (χ3v) is 3.75. The van der Waals surface area contributed by atoms with E-state index in [0.29, 0.717) is 12.8 Å². The van der Waals surface area contributed by atoms with Crippen LogP contribution in [0.5, 0.6) is 0 Å². The van der Waals surface area contributed by atoms with E-state index in [2.05, 4.69) is 0 Å².